The normalized spacial score (nSPS) is 10.2. The Morgan fingerprint density at radius 3 is 2.84 bits per heavy atom. The molecule has 0 fully saturated rings. The minimum absolute atomic E-state index is 0.105. The minimum atomic E-state index is -0.507. The first-order valence-corrected chi connectivity index (χ1v) is 6.49. The number of carbonyl (C=O) groups excluding carboxylic acids is 2. The average Bonchev–Trinajstić information content (AvgIpc) is 2.33. The van der Waals surface area contributed by atoms with Crippen molar-refractivity contribution < 1.29 is 14.3 Å². The lowest BCUT2D eigenvalue weighted by molar-refractivity contribution is -0.122. The molecule has 0 unspecified atom stereocenters. The summed E-state index contributed by atoms with van der Waals surface area (Å²) in [7, 11) is 0. The van der Waals surface area contributed by atoms with Crippen LogP contribution in [0.1, 0.15) is 0 Å². The number of halogens is 1. The van der Waals surface area contributed by atoms with E-state index >= 15 is 0 Å². The highest BCUT2D eigenvalue weighted by atomic mass is 79.9. The van der Waals surface area contributed by atoms with Crippen LogP contribution in [-0.4, -0.2) is 38.1 Å². The highest BCUT2D eigenvalue weighted by Gasteiger charge is 2.02. The van der Waals surface area contributed by atoms with Crippen molar-refractivity contribution in [1.29, 1.82) is 0 Å². The number of benzene rings is 1. The third-order valence-corrected chi connectivity index (χ3v) is 2.55. The number of nitrogens with two attached hydrogens (primary N) is 1. The van der Waals surface area contributed by atoms with Crippen LogP contribution in [0.15, 0.2) is 28.7 Å². The maximum Gasteiger partial charge on any atom is 0.243 e. The quantitative estimate of drug-likeness (QED) is 0.605. The molecular formula is C12H16BrN3O3. The van der Waals surface area contributed by atoms with Gasteiger partial charge in [0, 0.05) is 16.7 Å². The molecule has 0 radical (unpaired) electrons. The number of anilines is 1. The smallest absolute Gasteiger partial charge is 0.243 e. The summed E-state index contributed by atoms with van der Waals surface area (Å²) in [6, 6.07) is 7.33. The first kappa shape index (κ1) is 15.6. The van der Waals surface area contributed by atoms with Gasteiger partial charge in [-0.2, -0.15) is 0 Å². The van der Waals surface area contributed by atoms with Crippen LogP contribution >= 0.6 is 15.9 Å². The fraction of sp³-hybridized carbons (Fsp3) is 0.333. The number of nitrogens with one attached hydrogen (secondary N) is 2. The summed E-state index contributed by atoms with van der Waals surface area (Å²) in [6.07, 6.45) is 0. The molecule has 0 spiro atoms. The molecule has 0 heterocycles. The molecule has 0 aromatic heterocycles. The molecule has 1 rings (SSSR count). The largest absolute Gasteiger partial charge is 0.370 e. The zero-order valence-electron chi connectivity index (χ0n) is 10.3. The van der Waals surface area contributed by atoms with Crippen LogP contribution in [0.25, 0.3) is 0 Å². The van der Waals surface area contributed by atoms with E-state index in [0.717, 1.165) is 10.2 Å². The van der Waals surface area contributed by atoms with Crippen molar-refractivity contribution in [2.45, 2.75) is 0 Å². The summed E-state index contributed by atoms with van der Waals surface area (Å²) in [6.45, 7) is 0.866. The van der Waals surface area contributed by atoms with E-state index in [4.69, 9.17) is 10.5 Å². The molecule has 6 nitrogen and oxygen atoms in total. The molecule has 19 heavy (non-hydrogen) atoms. The van der Waals surface area contributed by atoms with E-state index in [1.54, 1.807) is 6.07 Å². The van der Waals surface area contributed by atoms with Gasteiger partial charge < -0.3 is 21.1 Å². The van der Waals surface area contributed by atoms with Crippen LogP contribution in [0.4, 0.5) is 5.69 Å². The van der Waals surface area contributed by atoms with Crippen molar-refractivity contribution in [2.24, 2.45) is 5.73 Å². The molecule has 1 aromatic carbocycles. The van der Waals surface area contributed by atoms with E-state index in [-0.39, 0.29) is 19.1 Å². The monoisotopic (exact) mass is 329 g/mol. The summed E-state index contributed by atoms with van der Waals surface area (Å²) in [5.41, 5.74) is 5.63. The van der Waals surface area contributed by atoms with Gasteiger partial charge in [0.1, 0.15) is 6.61 Å². The number of hydrogen-bond donors (Lipinski definition) is 3. The van der Waals surface area contributed by atoms with E-state index in [0.29, 0.717) is 13.2 Å². The van der Waals surface area contributed by atoms with Crippen LogP contribution < -0.4 is 16.4 Å². The van der Waals surface area contributed by atoms with Crippen molar-refractivity contribution in [3.05, 3.63) is 28.7 Å². The maximum atomic E-state index is 11.6. The zero-order chi connectivity index (χ0) is 14.1. The van der Waals surface area contributed by atoms with Crippen LogP contribution in [0.2, 0.25) is 0 Å². The van der Waals surface area contributed by atoms with Gasteiger partial charge in [0.2, 0.25) is 11.8 Å². The van der Waals surface area contributed by atoms with Crippen molar-refractivity contribution in [3.8, 4) is 0 Å². The second-order valence-electron chi connectivity index (χ2n) is 3.75. The third-order valence-electron chi connectivity index (χ3n) is 2.06. The molecule has 7 heteroatoms. The summed E-state index contributed by atoms with van der Waals surface area (Å²) in [4.78, 5) is 21.9. The Kier molecular flexibility index (Phi) is 7.09. The van der Waals surface area contributed by atoms with E-state index in [1.807, 2.05) is 18.2 Å². The van der Waals surface area contributed by atoms with Gasteiger partial charge in [-0.3, -0.25) is 9.59 Å². The van der Waals surface area contributed by atoms with Crippen LogP contribution in [0, 0.1) is 0 Å². The van der Waals surface area contributed by atoms with Gasteiger partial charge in [-0.1, -0.05) is 22.0 Å². The number of primary amides is 1. The lowest BCUT2D eigenvalue weighted by Crippen LogP contribution is -2.31. The Labute approximate surface area is 119 Å². The molecule has 0 atom stereocenters. The number of carbonyl (C=O) groups is 2. The predicted octanol–water partition coefficient (Wildman–Crippen LogP) is 0.479. The van der Waals surface area contributed by atoms with E-state index < -0.39 is 5.91 Å². The fourth-order valence-corrected chi connectivity index (χ4v) is 1.69. The highest BCUT2D eigenvalue weighted by molar-refractivity contribution is 9.10. The third kappa shape index (κ3) is 7.55. The number of hydrogen-bond acceptors (Lipinski definition) is 4. The van der Waals surface area contributed by atoms with Gasteiger partial charge in [0.15, 0.2) is 0 Å². The van der Waals surface area contributed by atoms with E-state index in [2.05, 4.69) is 26.6 Å². The molecule has 0 saturated heterocycles. The van der Waals surface area contributed by atoms with E-state index in [1.165, 1.54) is 0 Å². The molecule has 0 aliphatic rings. The second kappa shape index (κ2) is 8.63. The molecule has 0 saturated carbocycles. The Morgan fingerprint density at radius 1 is 1.37 bits per heavy atom. The van der Waals surface area contributed by atoms with Crippen molar-refractivity contribution in [1.82, 2.24) is 5.32 Å². The summed E-state index contributed by atoms with van der Waals surface area (Å²) in [5, 5.41) is 5.64. The first-order valence-electron chi connectivity index (χ1n) is 5.70. The summed E-state index contributed by atoms with van der Waals surface area (Å²) in [5.74, 6) is -0.652. The number of rotatable bonds is 8. The summed E-state index contributed by atoms with van der Waals surface area (Å²) >= 11 is 3.32. The van der Waals surface area contributed by atoms with Gasteiger partial charge in [0.25, 0.3) is 0 Å². The Morgan fingerprint density at radius 2 is 2.16 bits per heavy atom. The van der Waals surface area contributed by atoms with Crippen LogP contribution in [0.3, 0.4) is 0 Å². The summed E-state index contributed by atoms with van der Waals surface area (Å²) < 4.78 is 5.84. The van der Waals surface area contributed by atoms with Crippen molar-refractivity contribution in [2.75, 3.05) is 31.6 Å². The van der Waals surface area contributed by atoms with Crippen molar-refractivity contribution >= 4 is 33.4 Å². The van der Waals surface area contributed by atoms with Gasteiger partial charge in [-0.05, 0) is 18.2 Å². The first-order chi connectivity index (χ1) is 9.08. The molecule has 2 amide bonds. The van der Waals surface area contributed by atoms with Gasteiger partial charge in [-0.25, -0.2) is 0 Å². The molecule has 1 aromatic rings. The number of ether oxygens (including phenoxy) is 1. The lowest BCUT2D eigenvalue weighted by atomic mass is 10.3. The Bertz CT molecular complexity index is 440. The Hall–Kier alpha value is -1.44. The number of amides is 2. The molecule has 104 valence electrons. The standard InChI is InChI=1S/C12H16BrN3O3/c13-9-2-1-3-10(6-9)16-12(18)7-15-4-5-19-8-11(14)17/h1-3,6,15H,4-5,7-8H2,(H2,14,17)(H,16,18). The lowest BCUT2D eigenvalue weighted by Gasteiger charge is -2.07. The van der Waals surface area contributed by atoms with Gasteiger partial charge in [0.05, 0.1) is 13.2 Å². The zero-order valence-corrected chi connectivity index (χ0v) is 11.9. The SMILES string of the molecule is NC(=O)COCCNCC(=O)Nc1cccc(Br)c1. The van der Waals surface area contributed by atoms with Crippen molar-refractivity contribution in [3.63, 3.8) is 0 Å². The fourth-order valence-electron chi connectivity index (χ4n) is 1.29. The molecule has 0 aliphatic heterocycles. The average molecular weight is 330 g/mol. The van der Waals surface area contributed by atoms with Crippen LogP contribution in [0.5, 0.6) is 0 Å². The molecule has 0 bridgehead atoms. The topological polar surface area (TPSA) is 93.5 Å². The molecule has 0 aliphatic carbocycles. The molecule has 4 N–H and O–H groups in total. The minimum Gasteiger partial charge on any atom is -0.370 e. The predicted molar refractivity (Wildman–Crippen MR) is 75.7 cm³/mol. The van der Waals surface area contributed by atoms with E-state index in [9.17, 15) is 9.59 Å². The molecular weight excluding hydrogens is 314 g/mol. The van der Waals surface area contributed by atoms with Gasteiger partial charge in [-0.15, -0.1) is 0 Å². The highest BCUT2D eigenvalue weighted by Crippen LogP contribution is 2.15. The Balaban J connectivity index is 2.13. The second-order valence-corrected chi connectivity index (χ2v) is 4.67. The van der Waals surface area contributed by atoms with Gasteiger partial charge >= 0.3 is 0 Å². The maximum absolute atomic E-state index is 11.6. The van der Waals surface area contributed by atoms with Crippen LogP contribution in [-0.2, 0) is 14.3 Å².